The highest BCUT2D eigenvalue weighted by atomic mass is 32.2. The predicted octanol–water partition coefficient (Wildman–Crippen LogP) is 4.71. The Labute approximate surface area is 197 Å². The third kappa shape index (κ3) is 4.48. The second-order valence-corrected chi connectivity index (χ2v) is 9.77. The minimum atomic E-state index is -0.154. The highest BCUT2D eigenvalue weighted by Crippen LogP contribution is 2.40. The van der Waals surface area contributed by atoms with Crippen LogP contribution in [0.1, 0.15) is 54.2 Å². The Morgan fingerprint density at radius 3 is 2.82 bits per heavy atom. The van der Waals surface area contributed by atoms with Gasteiger partial charge in [0.15, 0.2) is 0 Å². The lowest BCUT2D eigenvalue weighted by molar-refractivity contribution is -0.113. The van der Waals surface area contributed by atoms with E-state index in [0.717, 1.165) is 65.3 Å². The minimum Gasteiger partial charge on any atom is -0.376 e. The van der Waals surface area contributed by atoms with Crippen molar-refractivity contribution in [2.45, 2.75) is 63.1 Å². The highest BCUT2D eigenvalue weighted by Gasteiger charge is 2.28. The third-order valence-corrected chi connectivity index (χ3v) is 7.47. The van der Waals surface area contributed by atoms with Gasteiger partial charge in [-0.15, -0.1) is 0 Å². The number of carbonyl (C=O) groups is 1. The SMILES string of the molecule is Cc1c(C#N)c(NC(=O)CSc2nc(C3CC3)nc3ccccc23)n(CC2CCCO2)c1C. The van der Waals surface area contributed by atoms with Crippen LogP contribution < -0.4 is 5.32 Å². The monoisotopic (exact) mass is 461 g/mol. The van der Waals surface area contributed by atoms with Gasteiger partial charge < -0.3 is 14.6 Å². The number of nitrogens with one attached hydrogen (secondary N) is 1. The van der Waals surface area contributed by atoms with Crippen molar-refractivity contribution in [3.63, 3.8) is 0 Å². The third-order valence-electron chi connectivity index (χ3n) is 6.48. The standard InChI is InChI=1S/C25H27N5O2S/c1-15-16(2)30(13-18-6-5-11-32-18)24(20(15)12-26)28-22(31)14-33-25-19-7-3-4-8-21(19)27-23(29-25)17-9-10-17/h3-4,7-8,17-18H,5-6,9-11,13-14H2,1-2H3,(H,28,31). The number of benzene rings is 1. The van der Waals surface area contributed by atoms with E-state index in [1.54, 1.807) is 0 Å². The van der Waals surface area contributed by atoms with E-state index in [1.165, 1.54) is 11.8 Å². The molecule has 170 valence electrons. The van der Waals surface area contributed by atoms with Crippen molar-refractivity contribution in [3.8, 4) is 6.07 Å². The zero-order chi connectivity index (χ0) is 22.9. The van der Waals surface area contributed by atoms with Gasteiger partial charge in [0.2, 0.25) is 5.91 Å². The number of aromatic nitrogens is 3. The van der Waals surface area contributed by atoms with E-state index < -0.39 is 0 Å². The fraction of sp³-hybridized carbons (Fsp3) is 0.440. The van der Waals surface area contributed by atoms with Crippen molar-refractivity contribution in [1.29, 1.82) is 5.26 Å². The second-order valence-electron chi connectivity index (χ2n) is 8.81. The van der Waals surface area contributed by atoms with E-state index >= 15 is 0 Å². The lowest BCUT2D eigenvalue weighted by atomic mass is 10.2. The van der Waals surface area contributed by atoms with Gasteiger partial charge in [-0.1, -0.05) is 30.0 Å². The van der Waals surface area contributed by atoms with Crippen molar-refractivity contribution in [1.82, 2.24) is 14.5 Å². The first-order valence-corrected chi connectivity index (χ1v) is 12.4. The van der Waals surface area contributed by atoms with Crippen LogP contribution in [-0.4, -0.2) is 38.9 Å². The molecule has 1 unspecified atom stereocenters. The van der Waals surface area contributed by atoms with Gasteiger partial charge in [0, 0.05) is 23.6 Å². The number of hydrogen-bond acceptors (Lipinski definition) is 6. The van der Waals surface area contributed by atoms with Gasteiger partial charge in [-0.3, -0.25) is 4.79 Å². The quantitative estimate of drug-likeness (QED) is 0.405. The molecule has 1 aliphatic heterocycles. The Morgan fingerprint density at radius 2 is 2.09 bits per heavy atom. The number of rotatable bonds is 7. The van der Waals surface area contributed by atoms with Crippen LogP contribution in [-0.2, 0) is 16.1 Å². The number of nitriles is 1. The van der Waals surface area contributed by atoms with Crippen LogP contribution in [0.3, 0.4) is 0 Å². The van der Waals surface area contributed by atoms with Gasteiger partial charge in [0.05, 0.1) is 29.5 Å². The van der Waals surface area contributed by atoms with E-state index in [9.17, 15) is 10.1 Å². The summed E-state index contributed by atoms with van der Waals surface area (Å²) >= 11 is 1.42. The number of thioether (sulfide) groups is 1. The zero-order valence-electron chi connectivity index (χ0n) is 18.9. The first-order valence-electron chi connectivity index (χ1n) is 11.5. The summed E-state index contributed by atoms with van der Waals surface area (Å²) in [5, 5.41) is 14.6. The fourth-order valence-electron chi connectivity index (χ4n) is 4.35. The van der Waals surface area contributed by atoms with Gasteiger partial charge in [0.1, 0.15) is 22.7 Å². The van der Waals surface area contributed by atoms with Crippen molar-refractivity contribution in [3.05, 3.63) is 46.9 Å². The molecule has 2 fully saturated rings. The van der Waals surface area contributed by atoms with Crippen molar-refractivity contribution >= 4 is 34.4 Å². The normalized spacial score (nSPS) is 17.9. The van der Waals surface area contributed by atoms with E-state index in [2.05, 4.69) is 11.4 Å². The number of hydrogen-bond donors (Lipinski definition) is 1. The molecule has 0 bridgehead atoms. The average molecular weight is 462 g/mol. The number of ether oxygens (including phenoxy) is 1. The van der Waals surface area contributed by atoms with Crippen LogP contribution in [0, 0.1) is 25.2 Å². The van der Waals surface area contributed by atoms with Crippen molar-refractivity contribution in [2.75, 3.05) is 17.7 Å². The first kappa shape index (κ1) is 21.9. The molecule has 1 aliphatic carbocycles. The largest absolute Gasteiger partial charge is 0.376 e. The molecular formula is C25H27N5O2S. The molecule has 3 heterocycles. The summed E-state index contributed by atoms with van der Waals surface area (Å²) in [4.78, 5) is 22.5. The van der Waals surface area contributed by atoms with Gasteiger partial charge in [0.25, 0.3) is 0 Å². The molecule has 1 aromatic carbocycles. The maximum Gasteiger partial charge on any atom is 0.235 e. The molecule has 2 aromatic heterocycles. The molecule has 2 aliphatic rings. The van der Waals surface area contributed by atoms with Crippen LogP contribution >= 0.6 is 11.8 Å². The lowest BCUT2D eigenvalue weighted by Crippen LogP contribution is -2.22. The molecule has 1 N–H and O–H groups in total. The summed E-state index contributed by atoms with van der Waals surface area (Å²) in [6.45, 7) is 5.32. The van der Waals surface area contributed by atoms with Crippen molar-refractivity contribution in [2.24, 2.45) is 0 Å². The smallest absolute Gasteiger partial charge is 0.235 e. The van der Waals surface area contributed by atoms with Gasteiger partial charge in [-0.25, -0.2) is 9.97 Å². The Bertz CT molecular complexity index is 1250. The molecule has 8 heteroatoms. The van der Waals surface area contributed by atoms with Crippen LogP contribution in [0.4, 0.5) is 5.82 Å². The van der Waals surface area contributed by atoms with Gasteiger partial charge in [-0.2, -0.15) is 5.26 Å². The van der Waals surface area contributed by atoms with Crippen molar-refractivity contribution < 1.29 is 9.53 Å². The average Bonchev–Trinajstić information content (AvgIpc) is 3.51. The van der Waals surface area contributed by atoms with Crippen LogP contribution in [0.25, 0.3) is 10.9 Å². The Kier molecular flexibility index (Phi) is 6.09. The van der Waals surface area contributed by atoms with Crippen LogP contribution in [0.15, 0.2) is 29.3 Å². The van der Waals surface area contributed by atoms with Gasteiger partial charge >= 0.3 is 0 Å². The van der Waals surface area contributed by atoms with E-state index in [1.807, 2.05) is 42.7 Å². The van der Waals surface area contributed by atoms with E-state index in [-0.39, 0.29) is 17.8 Å². The molecule has 1 amide bonds. The molecule has 1 saturated carbocycles. The Morgan fingerprint density at radius 1 is 1.27 bits per heavy atom. The topological polar surface area (TPSA) is 92.8 Å². The molecule has 0 radical (unpaired) electrons. The summed E-state index contributed by atoms with van der Waals surface area (Å²) in [5.74, 6) is 1.94. The molecule has 3 aromatic rings. The highest BCUT2D eigenvalue weighted by molar-refractivity contribution is 8.00. The molecule has 0 spiro atoms. The number of para-hydroxylation sites is 1. The molecule has 7 nitrogen and oxygen atoms in total. The molecule has 33 heavy (non-hydrogen) atoms. The number of amides is 1. The maximum absolute atomic E-state index is 13.0. The lowest BCUT2D eigenvalue weighted by Gasteiger charge is -2.17. The Balaban J connectivity index is 1.36. The number of nitrogens with zero attached hydrogens (tertiary/aromatic N) is 4. The summed E-state index contributed by atoms with van der Waals surface area (Å²) in [6.07, 6.45) is 4.40. The summed E-state index contributed by atoms with van der Waals surface area (Å²) in [5.41, 5.74) is 3.32. The number of fused-ring (bicyclic) bond motifs is 1. The maximum atomic E-state index is 13.0. The first-order chi connectivity index (χ1) is 16.0. The number of carbonyl (C=O) groups excluding carboxylic acids is 1. The molecular weight excluding hydrogens is 434 g/mol. The van der Waals surface area contributed by atoms with E-state index in [4.69, 9.17) is 14.7 Å². The summed E-state index contributed by atoms with van der Waals surface area (Å²) in [6, 6.07) is 10.2. The zero-order valence-corrected chi connectivity index (χ0v) is 19.7. The Hall–Kier alpha value is -2.89. The second kappa shape index (κ2) is 9.16. The van der Waals surface area contributed by atoms with Crippen LogP contribution in [0.2, 0.25) is 0 Å². The summed E-state index contributed by atoms with van der Waals surface area (Å²) < 4.78 is 7.83. The summed E-state index contributed by atoms with van der Waals surface area (Å²) in [7, 11) is 0. The van der Waals surface area contributed by atoms with Gasteiger partial charge in [-0.05, 0) is 51.2 Å². The van der Waals surface area contributed by atoms with Crippen LogP contribution in [0.5, 0.6) is 0 Å². The number of anilines is 1. The molecule has 1 atom stereocenters. The minimum absolute atomic E-state index is 0.111. The van der Waals surface area contributed by atoms with E-state index in [0.29, 0.717) is 23.8 Å². The molecule has 5 rings (SSSR count). The fourth-order valence-corrected chi connectivity index (χ4v) is 5.18. The predicted molar refractivity (Wildman–Crippen MR) is 128 cm³/mol. The molecule has 1 saturated heterocycles.